The lowest BCUT2D eigenvalue weighted by Gasteiger charge is -2.38. The van der Waals surface area contributed by atoms with Crippen molar-refractivity contribution in [1.29, 1.82) is 0 Å². The molecule has 178 valence electrons. The topological polar surface area (TPSA) is 105 Å². The van der Waals surface area contributed by atoms with Crippen molar-refractivity contribution in [3.8, 4) is 0 Å². The summed E-state index contributed by atoms with van der Waals surface area (Å²) in [6, 6.07) is 11.8. The quantitative estimate of drug-likeness (QED) is 0.515. The average Bonchev–Trinajstić information content (AvgIpc) is 3.45. The van der Waals surface area contributed by atoms with E-state index >= 15 is 0 Å². The second kappa shape index (κ2) is 9.56. The number of piperidine rings is 1. The minimum atomic E-state index is -3.34. The molecule has 8 nitrogen and oxygen atoms in total. The van der Waals surface area contributed by atoms with E-state index in [1.165, 1.54) is 5.56 Å². The van der Waals surface area contributed by atoms with Gasteiger partial charge in [0.15, 0.2) is 5.69 Å². The van der Waals surface area contributed by atoms with Crippen LogP contribution < -0.4 is 10.6 Å². The van der Waals surface area contributed by atoms with Crippen LogP contribution in [0.5, 0.6) is 0 Å². The Labute approximate surface area is 195 Å². The smallest absolute Gasteiger partial charge is 0.273 e. The van der Waals surface area contributed by atoms with Crippen LogP contribution in [0.15, 0.2) is 40.9 Å². The van der Waals surface area contributed by atoms with Crippen LogP contribution in [-0.4, -0.2) is 60.8 Å². The lowest BCUT2D eigenvalue weighted by molar-refractivity contribution is 0.0900. The normalized spacial score (nSPS) is 25.3. The Kier molecular flexibility index (Phi) is 6.53. The van der Waals surface area contributed by atoms with E-state index in [0.29, 0.717) is 31.0 Å². The first-order chi connectivity index (χ1) is 16.0. The molecule has 1 saturated carbocycles. The summed E-state index contributed by atoms with van der Waals surface area (Å²) in [6.07, 6.45) is 6.07. The molecule has 2 saturated heterocycles. The number of sulfonamides is 1. The molecule has 2 bridgehead atoms. The van der Waals surface area contributed by atoms with Crippen molar-refractivity contribution in [1.82, 2.24) is 20.1 Å². The number of aromatic nitrogens is 1. The summed E-state index contributed by atoms with van der Waals surface area (Å²) >= 11 is 0. The number of nitrogens with zero attached hydrogens (tertiary/aromatic N) is 2. The van der Waals surface area contributed by atoms with Gasteiger partial charge in [-0.2, -0.15) is 4.31 Å². The second-order valence-electron chi connectivity index (χ2n) is 9.55. The van der Waals surface area contributed by atoms with Crippen LogP contribution in [0.1, 0.15) is 66.3 Å². The van der Waals surface area contributed by atoms with E-state index in [1.807, 2.05) is 18.2 Å². The van der Waals surface area contributed by atoms with Crippen molar-refractivity contribution >= 4 is 15.9 Å². The molecule has 3 fully saturated rings. The maximum atomic E-state index is 13.1. The van der Waals surface area contributed by atoms with Crippen LogP contribution in [0.2, 0.25) is 0 Å². The fourth-order valence-electron chi connectivity index (χ4n) is 5.23. The number of carbonyl (C=O) groups is 1. The SMILES string of the molecule is O=C(NC1C[C@H]2CC[C@@H](C1)N2S(=O)(=O)CCNCCc1ccccc1)c1cc(C2CC2)on1. The third-order valence-corrected chi connectivity index (χ3v) is 8.99. The van der Waals surface area contributed by atoms with Gasteiger partial charge in [-0.25, -0.2) is 8.42 Å². The van der Waals surface area contributed by atoms with Gasteiger partial charge in [-0.1, -0.05) is 35.5 Å². The number of carbonyl (C=O) groups excluding carboxylic acids is 1. The lowest BCUT2D eigenvalue weighted by Crippen LogP contribution is -2.53. The second-order valence-corrected chi connectivity index (χ2v) is 11.5. The fourth-order valence-corrected chi connectivity index (χ4v) is 7.14. The average molecular weight is 473 g/mol. The molecule has 1 aliphatic carbocycles. The van der Waals surface area contributed by atoms with E-state index in [0.717, 1.165) is 44.4 Å². The van der Waals surface area contributed by atoms with E-state index in [-0.39, 0.29) is 29.8 Å². The summed E-state index contributed by atoms with van der Waals surface area (Å²) in [5.41, 5.74) is 1.56. The molecule has 9 heteroatoms. The van der Waals surface area contributed by atoms with Crippen LogP contribution in [0, 0.1) is 0 Å². The first-order valence-electron chi connectivity index (χ1n) is 12.0. The van der Waals surface area contributed by atoms with Crippen molar-refractivity contribution in [2.24, 2.45) is 0 Å². The summed E-state index contributed by atoms with van der Waals surface area (Å²) in [5, 5.41) is 10.2. The molecule has 3 heterocycles. The zero-order chi connectivity index (χ0) is 22.8. The summed E-state index contributed by atoms with van der Waals surface area (Å²) in [4.78, 5) is 12.6. The minimum absolute atomic E-state index is 0.0356. The molecule has 2 N–H and O–H groups in total. The molecule has 1 aromatic carbocycles. The minimum Gasteiger partial charge on any atom is -0.360 e. The van der Waals surface area contributed by atoms with Gasteiger partial charge in [0.1, 0.15) is 5.76 Å². The summed E-state index contributed by atoms with van der Waals surface area (Å²) in [6.45, 7) is 1.20. The predicted octanol–water partition coefficient (Wildman–Crippen LogP) is 2.44. The van der Waals surface area contributed by atoms with Crippen LogP contribution in [0.3, 0.4) is 0 Å². The van der Waals surface area contributed by atoms with Gasteiger partial charge in [0.25, 0.3) is 5.91 Å². The Balaban J connectivity index is 1.10. The Bertz CT molecular complexity index is 1050. The van der Waals surface area contributed by atoms with Crippen molar-refractivity contribution < 1.29 is 17.7 Å². The summed E-state index contributed by atoms with van der Waals surface area (Å²) in [7, 11) is -3.34. The largest absolute Gasteiger partial charge is 0.360 e. The molecule has 0 radical (unpaired) electrons. The molecule has 1 aromatic heterocycles. The number of hydrogen-bond acceptors (Lipinski definition) is 6. The number of amides is 1. The molecule has 3 atom stereocenters. The van der Waals surface area contributed by atoms with Crippen LogP contribution >= 0.6 is 0 Å². The van der Waals surface area contributed by atoms with Gasteiger partial charge in [0.2, 0.25) is 10.0 Å². The Morgan fingerprint density at radius 2 is 1.79 bits per heavy atom. The van der Waals surface area contributed by atoms with Crippen LogP contribution in [-0.2, 0) is 16.4 Å². The molecule has 1 unspecified atom stereocenters. The maximum absolute atomic E-state index is 13.1. The lowest BCUT2D eigenvalue weighted by atomic mass is 9.99. The van der Waals surface area contributed by atoms with Gasteiger partial charge in [0, 0.05) is 36.7 Å². The summed E-state index contributed by atoms with van der Waals surface area (Å²) < 4.78 is 33.2. The van der Waals surface area contributed by atoms with Crippen molar-refractivity contribution in [3.05, 3.63) is 53.4 Å². The van der Waals surface area contributed by atoms with Gasteiger partial charge in [0.05, 0.1) is 5.75 Å². The first-order valence-corrected chi connectivity index (χ1v) is 13.6. The van der Waals surface area contributed by atoms with E-state index in [9.17, 15) is 13.2 Å². The van der Waals surface area contributed by atoms with Crippen molar-refractivity contribution in [3.63, 3.8) is 0 Å². The monoisotopic (exact) mass is 472 g/mol. The highest BCUT2D eigenvalue weighted by atomic mass is 32.2. The highest BCUT2D eigenvalue weighted by Gasteiger charge is 2.46. The third-order valence-electron chi connectivity index (χ3n) is 7.03. The third kappa shape index (κ3) is 5.31. The van der Waals surface area contributed by atoms with Gasteiger partial charge < -0.3 is 15.2 Å². The number of hydrogen-bond donors (Lipinski definition) is 2. The zero-order valence-corrected chi connectivity index (χ0v) is 19.6. The molecule has 3 aliphatic rings. The highest BCUT2D eigenvalue weighted by molar-refractivity contribution is 7.89. The number of nitrogens with one attached hydrogen (secondary N) is 2. The Hall–Kier alpha value is -2.23. The number of benzene rings is 1. The zero-order valence-electron chi connectivity index (χ0n) is 18.8. The van der Waals surface area contributed by atoms with E-state index in [4.69, 9.17) is 4.52 Å². The first kappa shape index (κ1) is 22.6. The van der Waals surface area contributed by atoms with Gasteiger partial charge in [-0.15, -0.1) is 0 Å². The standard InChI is InChI=1S/C24H32N4O4S/c29-24(22-16-23(32-27-22)18-6-7-18)26-19-14-20-8-9-21(15-19)28(20)33(30,31)13-12-25-11-10-17-4-2-1-3-5-17/h1-5,16,18-21,25H,6-15H2,(H,26,29)/t19?,20-,21+. The predicted molar refractivity (Wildman–Crippen MR) is 124 cm³/mol. The molecule has 5 rings (SSSR count). The van der Waals surface area contributed by atoms with E-state index < -0.39 is 10.0 Å². The molecular formula is C24H32N4O4S. The Morgan fingerprint density at radius 3 is 2.48 bits per heavy atom. The summed E-state index contributed by atoms with van der Waals surface area (Å²) in [5.74, 6) is 1.08. The van der Waals surface area contributed by atoms with E-state index in [2.05, 4.69) is 27.9 Å². The van der Waals surface area contributed by atoms with Gasteiger partial charge in [-0.3, -0.25) is 4.79 Å². The van der Waals surface area contributed by atoms with Gasteiger partial charge >= 0.3 is 0 Å². The molecular weight excluding hydrogens is 440 g/mol. The maximum Gasteiger partial charge on any atom is 0.273 e. The van der Waals surface area contributed by atoms with Crippen molar-refractivity contribution in [2.45, 2.75) is 69.0 Å². The molecule has 2 aromatic rings. The fraction of sp³-hybridized carbons (Fsp3) is 0.583. The molecule has 1 amide bonds. The van der Waals surface area contributed by atoms with Crippen LogP contribution in [0.25, 0.3) is 0 Å². The van der Waals surface area contributed by atoms with Gasteiger partial charge in [-0.05, 0) is 57.1 Å². The molecule has 33 heavy (non-hydrogen) atoms. The van der Waals surface area contributed by atoms with Crippen molar-refractivity contribution in [2.75, 3.05) is 18.8 Å². The molecule has 2 aliphatic heterocycles. The number of rotatable bonds is 10. The molecule has 0 spiro atoms. The Morgan fingerprint density at radius 1 is 1.06 bits per heavy atom. The van der Waals surface area contributed by atoms with E-state index in [1.54, 1.807) is 10.4 Å². The highest BCUT2D eigenvalue weighted by Crippen LogP contribution is 2.40. The number of fused-ring (bicyclic) bond motifs is 2. The van der Waals surface area contributed by atoms with Crippen LogP contribution in [0.4, 0.5) is 0 Å².